The third kappa shape index (κ3) is 2.81. The molecule has 0 bridgehead atoms. The fourth-order valence-corrected chi connectivity index (χ4v) is 4.90. The number of thiophene rings is 1. The van der Waals surface area contributed by atoms with Gasteiger partial charge in [0.15, 0.2) is 0 Å². The Hall–Kier alpha value is -1.88. The molecule has 4 nitrogen and oxygen atoms in total. The lowest BCUT2D eigenvalue weighted by Gasteiger charge is -2.36. The van der Waals surface area contributed by atoms with Crippen LogP contribution in [0, 0.1) is 6.92 Å². The molecule has 2 aliphatic rings. The molecule has 4 rings (SSSR count). The van der Waals surface area contributed by atoms with E-state index >= 15 is 0 Å². The number of rotatable bonds is 2. The fraction of sp³-hybridized carbons (Fsp3) is 0.474. The Balaban J connectivity index is 1.45. The van der Waals surface area contributed by atoms with Crippen molar-refractivity contribution < 1.29 is 4.79 Å². The van der Waals surface area contributed by atoms with E-state index in [0.717, 1.165) is 49.7 Å². The van der Waals surface area contributed by atoms with Gasteiger partial charge in [0.2, 0.25) is 0 Å². The molecule has 2 aromatic rings. The van der Waals surface area contributed by atoms with Gasteiger partial charge in [-0.05, 0) is 60.7 Å². The van der Waals surface area contributed by atoms with Crippen LogP contribution in [0.1, 0.15) is 39.2 Å². The average molecular weight is 341 g/mol. The zero-order chi connectivity index (χ0) is 16.5. The van der Waals surface area contributed by atoms with Gasteiger partial charge >= 0.3 is 0 Å². The van der Waals surface area contributed by atoms with Crippen LogP contribution in [0.4, 0.5) is 5.82 Å². The maximum atomic E-state index is 12.9. The van der Waals surface area contributed by atoms with E-state index in [1.165, 1.54) is 29.5 Å². The van der Waals surface area contributed by atoms with E-state index in [1.54, 1.807) is 11.3 Å². The van der Waals surface area contributed by atoms with Gasteiger partial charge in [0.1, 0.15) is 5.82 Å². The van der Waals surface area contributed by atoms with Crippen molar-refractivity contribution in [2.45, 2.75) is 32.6 Å². The summed E-state index contributed by atoms with van der Waals surface area (Å²) in [5, 5.41) is 2.20. The highest BCUT2D eigenvalue weighted by molar-refractivity contribution is 7.12. The van der Waals surface area contributed by atoms with Crippen molar-refractivity contribution in [2.75, 3.05) is 31.1 Å². The number of aryl methyl sites for hydroxylation is 2. The molecule has 1 amide bonds. The summed E-state index contributed by atoms with van der Waals surface area (Å²) in [6.45, 7) is 5.37. The van der Waals surface area contributed by atoms with E-state index in [9.17, 15) is 4.79 Å². The number of nitrogens with zero attached hydrogens (tertiary/aromatic N) is 3. The quantitative estimate of drug-likeness (QED) is 0.841. The van der Waals surface area contributed by atoms with Crippen LogP contribution in [0.15, 0.2) is 23.7 Å². The number of fused-ring (bicyclic) bond motifs is 1. The number of amides is 1. The van der Waals surface area contributed by atoms with Crippen molar-refractivity contribution in [3.05, 3.63) is 45.3 Å². The van der Waals surface area contributed by atoms with Gasteiger partial charge in [-0.1, -0.05) is 6.07 Å². The number of hydrogen-bond donors (Lipinski definition) is 0. The lowest BCUT2D eigenvalue weighted by molar-refractivity contribution is 0.0750. The molecule has 0 saturated carbocycles. The second-order valence-corrected chi connectivity index (χ2v) is 7.58. The molecule has 5 heteroatoms. The number of piperazine rings is 1. The van der Waals surface area contributed by atoms with Crippen LogP contribution in [0.3, 0.4) is 0 Å². The van der Waals surface area contributed by atoms with Gasteiger partial charge in [-0.25, -0.2) is 4.98 Å². The van der Waals surface area contributed by atoms with E-state index in [0.29, 0.717) is 0 Å². The maximum absolute atomic E-state index is 12.9. The second-order valence-electron chi connectivity index (χ2n) is 6.70. The van der Waals surface area contributed by atoms with E-state index in [-0.39, 0.29) is 5.91 Å². The monoisotopic (exact) mass is 341 g/mol. The summed E-state index contributed by atoms with van der Waals surface area (Å²) in [6.07, 6.45) is 6.55. The fourth-order valence-electron chi connectivity index (χ4n) is 3.77. The van der Waals surface area contributed by atoms with Crippen molar-refractivity contribution in [1.29, 1.82) is 0 Å². The Kier molecular flexibility index (Phi) is 4.27. The Morgan fingerprint density at radius 1 is 1.17 bits per heavy atom. The van der Waals surface area contributed by atoms with Crippen molar-refractivity contribution in [3.63, 3.8) is 0 Å². The van der Waals surface area contributed by atoms with Crippen molar-refractivity contribution in [3.8, 4) is 0 Å². The largest absolute Gasteiger partial charge is 0.353 e. The lowest BCUT2D eigenvalue weighted by Crippen LogP contribution is -2.49. The second kappa shape index (κ2) is 6.55. The topological polar surface area (TPSA) is 36.4 Å². The molecule has 2 aromatic heterocycles. The molecule has 0 aromatic carbocycles. The first kappa shape index (κ1) is 15.6. The Morgan fingerprint density at radius 2 is 1.96 bits per heavy atom. The van der Waals surface area contributed by atoms with Gasteiger partial charge in [-0.15, -0.1) is 11.3 Å². The van der Waals surface area contributed by atoms with Crippen LogP contribution in [0.2, 0.25) is 0 Å². The van der Waals surface area contributed by atoms with Gasteiger partial charge in [-0.3, -0.25) is 4.79 Å². The predicted molar refractivity (Wildman–Crippen MR) is 98.1 cm³/mol. The van der Waals surface area contributed by atoms with Crippen LogP contribution in [0.5, 0.6) is 0 Å². The smallest absolute Gasteiger partial charge is 0.264 e. The highest BCUT2D eigenvalue weighted by Crippen LogP contribution is 2.31. The minimum Gasteiger partial charge on any atom is -0.353 e. The summed E-state index contributed by atoms with van der Waals surface area (Å²) < 4.78 is 0. The van der Waals surface area contributed by atoms with Gasteiger partial charge in [0, 0.05) is 32.4 Å². The summed E-state index contributed by atoms with van der Waals surface area (Å²) >= 11 is 1.65. The van der Waals surface area contributed by atoms with Crippen LogP contribution in [0.25, 0.3) is 0 Å². The normalized spacial score (nSPS) is 17.7. The van der Waals surface area contributed by atoms with E-state index in [4.69, 9.17) is 0 Å². The predicted octanol–water partition coefficient (Wildman–Crippen LogP) is 3.29. The first-order valence-corrected chi connectivity index (χ1v) is 9.67. The van der Waals surface area contributed by atoms with E-state index in [2.05, 4.69) is 28.3 Å². The number of pyridine rings is 1. The minimum atomic E-state index is 0.237. The summed E-state index contributed by atoms with van der Waals surface area (Å²) in [7, 11) is 0. The Labute approximate surface area is 147 Å². The molecule has 3 heterocycles. The zero-order valence-electron chi connectivity index (χ0n) is 14.1. The van der Waals surface area contributed by atoms with Gasteiger partial charge < -0.3 is 9.80 Å². The summed E-state index contributed by atoms with van der Waals surface area (Å²) in [6, 6.07) is 4.07. The third-order valence-corrected chi connectivity index (χ3v) is 6.21. The molecule has 1 saturated heterocycles. The number of aromatic nitrogens is 1. The molecular weight excluding hydrogens is 318 g/mol. The molecule has 1 aliphatic heterocycles. The Bertz CT molecular complexity index is 747. The summed E-state index contributed by atoms with van der Waals surface area (Å²) in [4.78, 5) is 22.8. The van der Waals surface area contributed by atoms with Crippen molar-refractivity contribution >= 4 is 23.1 Å². The molecular formula is C19H23N3OS. The Morgan fingerprint density at radius 3 is 2.75 bits per heavy atom. The summed E-state index contributed by atoms with van der Waals surface area (Å²) in [5.74, 6) is 1.29. The molecule has 24 heavy (non-hydrogen) atoms. The molecule has 126 valence electrons. The average Bonchev–Trinajstić information content (AvgIpc) is 3.06. The molecule has 0 radical (unpaired) electrons. The molecule has 1 fully saturated rings. The molecule has 0 atom stereocenters. The molecule has 0 unspecified atom stereocenters. The first-order chi connectivity index (χ1) is 11.7. The van der Waals surface area contributed by atoms with Crippen LogP contribution < -0.4 is 4.90 Å². The van der Waals surface area contributed by atoms with Gasteiger partial charge in [-0.2, -0.15) is 0 Å². The van der Waals surface area contributed by atoms with Crippen LogP contribution >= 0.6 is 11.3 Å². The van der Waals surface area contributed by atoms with Crippen LogP contribution in [-0.2, 0) is 12.8 Å². The van der Waals surface area contributed by atoms with Crippen molar-refractivity contribution in [1.82, 2.24) is 9.88 Å². The number of hydrogen-bond acceptors (Lipinski definition) is 4. The van der Waals surface area contributed by atoms with Gasteiger partial charge in [0.25, 0.3) is 5.91 Å². The molecule has 0 spiro atoms. The molecule has 0 N–H and O–H groups in total. The zero-order valence-corrected chi connectivity index (χ0v) is 14.9. The standard InChI is InChI=1S/C19H23N3OS/c1-14-5-4-8-20-18(14)21-9-11-22(12-10-21)19(23)17-16-7-3-2-6-15(16)13-24-17/h4-5,8,13H,2-3,6-7,9-12H2,1H3. The minimum absolute atomic E-state index is 0.237. The maximum Gasteiger partial charge on any atom is 0.264 e. The summed E-state index contributed by atoms with van der Waals surface area (Å²) in [5.41, 5.74) is 3.95. The van der Waals surface area contributed by atoms with Crippen LogP contribution in [-0.4, -0.2) is 42.0 Å². The van der Waals surface area contributed by atoms with E-state index < -0.39 is 0 Å². The van der Waals surface area contributed by atoms with Crippen molar-refractivity contribution in [2.24, 2.45) is 0 Å². The van der Waals surface area contributed by atoms with Gasteiger partial charge in [0.05, 0.1) is 4.88 Å². The highest BCUT2D eigenvalue weighted by Gasteiger charge is 2.27. The molecule has 1 aliphatic carbocycles. The van der Waals surface area contributed by atoms with E-state index in [1.807, 2.05) is 17.2 Å². The highest BCUT2D eigenvalue weighted by atomic mass is 32.1. The first-order valence-electron chi connectivity index (χ1n) is 8.79. The SMILES string of the molecule is Cc1cccnc1N1CCN(C(=O)c2scc3c2CCCC3)CC1. The lowest BCUT2D eigenvalue weighted by atomic mass is 9.93. The number of anilines is 1. The third-order valence-electron chi connectivity index (χ3n) is 5.15. The number of carbonyl (C=O) groups is 1. The number of carbonyl (C=O) groups excluding carboxylic acids is 1.